The van der Waals surface area contributed by atoms with Crippen molar-refractivity contribution in [3.8, 4) is 0 Å². The maximum Gasteiger partial charge on any atom is 0.304 e. The van der Waals surface area contributed by atoms with Crippen molar-refractivity contribution < 1.29 is 23.1 Å². The fraction of sp³-hybridized carbons (Fsp3) is 0.882. The third-order valence-corrected chi connectivity index (χ3v) is 8.65. The first-order valence-electron chi connectivity index (χ1n) is 8.85. The highest BCUT2D eigenvalue weighted by molar-refractivity contribution is 7.91. The first-order chi connectivity index (χ1) is 11.4. The highest BCUT2D eigenvalue weighted by atomic mass is 32.2. The number of piperazine rings is 1. The number of rotatable bonds is 4. The summed E-state index contributed by atoms with van der Waals surface area (Å²) in [6.07, 6.45) is -0.0140. The van der Waals surface area contributed by atoms with Gasteiger partial charge < -0.3 is 10.0 Å². The van der Waals surface area contributed by atoms with Gasteiger partial charge in [0.05, 0.1) is 24.0 Å². The molecule has 0 aromatic carbocycles. The van der Waals surface area contributed by atoms with Gasteiger partial charge >= 0.3 is 5.97 Å². The molecule has 2 saturated heterocycles. The Bertz CT molecular complexity index is 686. The maximum absolute atomic E-state index is 13.1. The summed E-state index contributed by atoms with van der Waals surface area (Å²) in [6.45, 7) is 9.67. The van der Waals surface area contributed by atoms with E-state index in [4.69, 9.17) is 5.11 Å². The molecule has 0 aromatic heterocycles. The van der Waals surface area contributed by atoms with E-state index in [1.165, 1.54) is 0 Å². The van der Waals surface area contributed by atoms with Crippen LogP contribution in [-0.4, -0.2) is 78.4 Å². The van der Waals surface area contributed by atoms with Gasteiger partial charge in [0.25, 0.3) is 0 Å². The average Bonchev–Trinajstić information content (AvgIpc) is 2.73. The van der Waals surface area contributed by atoms with Crippen molar-refractivity contribution in [3.05, 3.63) is 0 Å². The van der Waals surface area contributed by atoms with E-state index in [1.807, 2.05) is 4.90 Å². The number of carboxylic acid groups (broad SMARTS) is 1. The summed E-state index contributed by atoms with van der Waals surface area (Å²) >= 11 is 0. The number of fused-ring (bicyclic) bond motifs is 1. The molecule has 1 aliphatic carbocycles. The van der Waals surface area contributed by atoms with Gasteiger partial charge in [0.1, 0.15) is 0 Å². The number of sulfone groups is 1. The van der Waals surface area contributed by atoms with Crippen molar-refractivity contribution in [3.63, 3.8) is 0 Å². The highest BCUT2D eigenvalue weighted by Crippen LogP contribution is 2.69. The van der Waals surface area contributed by atoms with Gasteiger partial charge in [-0.05, 0) is 10.8 Å². The van der Waals surface area contributed by atoms with Gasteiger partial charge in [-0.3, -0.25) is 14.5 Å². The number of hydrogen-bond donors (Lipinski definition) is 1. The molecule has 0 bridgehead atoms. The lowest BCUT2D eigenvalue weighted by molar-refractivity contribution is -0.142. The molecule has 3 aliphatic rings. The third-order valence-electron chi connectivity index (χ3n) is 6.95. The average molecular weight is 372 g/mol. The van der Waals surface area contributed by atoms with E-state index in [9.17, 15) is 18.0 Å². The number of carboxylic acids is 1. The first kappa shape index (κ1) is 18.6. The normalized spacial score (nSPS) is 33.0. The minimum absolute atomic E-state index is 0.0124. The largest absolute Gasteiger partial charge is 0.481 e. The van der Waals surface area contributed by atoms with Gasteiger partial charge in [0.2, 0.25) is 5.91 Å². The van der Waals surface area contributed by atoms with E-state index in [0.29, 0.717) is 19.6 Å². The molecular weight excluding hydrogens is 344 g/mol. The first-order valence-corrected chi connectivity index (χ1v) is 10.7. The monoisotopic (exact) mass is 372 g/mol. The second-order valence-electron chi connectivity index (χ2n) is 8.80. The molecule has 0 spiro atoms. The molecule has 3 fully saturated rings. The molecular formula is C17H28N2O5S. The third kappa shape index (κ3) is 2.97. The standard InChI is InChI=1S/C17H28N2O5S/c1-16(2)14(17(16,3)4)15(22)19-8-7-18(6-5-13(20)21)11-9-25(23,24)10-12(11)19/h11-12,14H,5-10H2,1-4H3,(H,20,21)/t11-,12+/m1/s1. The van der Waals surface area contributed by atoms with Crippen molar-refractivity contribution in [1.29, 1.82) is 0 Å². The summed E-state index contributed by atoms with van der Waals surface area (Å²) in [5, 5.41) is 8.91. The number of nitrogens with zero attached hydrogens (tertiary/aromatic N) is 2. The van der Waals surface area contributed by atoms with Crippen molar-refractivity contribution in [2.24, 2.45) is 16.7 Å². The van der Waals surface area contributed by atoms with E-state index in [0.717, 1.165) is 0 Å². The van der Waals surface area contributed by atoms with Crippen LogP contribution < -0.4 is 0 Å². The molecule has 7 nitrogen and oxygen atoms in total. The Balaban J connectivity index is 1.80. The molecule has 0 unspecified atom stereocenters. The lowest BCUT2D eigenvalue weighted by atomic mass is 10.0. The zero-order valence-electron chi connectivity index (χ0n) is 15.4. The number of amides is 1. The predicted molar refractivity (Wildman–Crippen MR) is 92.8 cm³/mol. The van der Waals surface area contributed by atoms with Crippen LogP contribution >= 0.6 is 0 Å². The summed E-state index contributed by atoms with van der Waals surface area (Å²) < 4.78 is 24.4. The van der Waals surface area contributed by atoms with Crippen LogP contribution in [0.2, 0.25) is 0 Å². The quantitative estimate of drug-likeness (QED) is 0.770. The molecule has 2 aliphatic heterocycles. The van der Waals surface area contributed by atoms with Crippen LogP contribution in [0.15, 0.2) is 0 Å². The lowest BCUT2D eigenvalue weighted by Crippen LogP contribution is -2.61. The summed E-state index contributed by atoms with van der Waals surface area (Å²) in [5.74, 6) is -0.925. The topological polar surface area (TPSA) is 95.0 Å². The van der Waals surface area contributed by atoms with E-state index in [-0.39, 0.29) is 52.7 Å². The second kappa shape index (κ2) is 5.67. The van der Waals surface area contributed by atoms with Crippen molar-refractivity contribution in [1.82, 2.24) is 9.80 Å². The molecule has 2 atom stereocenters. The van der Waals surface area contributed by atoms with Crippen LogP contribution in [0.4, 0.5) is 0 Å². The Labute approximate surface area is 149 Å². The molecule has 8 heteroatoms. The van der Waals surface area contributed by atoms with E-state index in [1.54, 1.807) is 4.90 Å². The summed E-state index contributed by atoms with van der Waals surface area (Å²) in [6, 6.07) is -0.640. The fourth-order valence-corrected chi connectivity index (χ4v) is 6.81. The predicted octanol–water partition coefficient (Wildman–Crippen LogP) is 0.453. The molecule has 142 valence electrons. The van der Waals surface area contributed by atoms with Gasteiger partial charge in [0, 0.05) is 31.6 Å². The Morgan fingerprint density at radius 2 is 1.60 bits per heavy atom. The lowest BCUT2D eigenvalue weighted by Gasteiger charge is -2.44. The maximum atomic E-state index is 13.1. The Hall–Kier alpha value is -1.15. The van der Waals surface area contributed by atoms with Crippen LogP contribution in [0.5, 0.6) is 0 Å². The second-order valence-corrected chi connectivity index (χ2v) is 11.0. The Morgan fingerprint density at radius 3 is 2.12 bits per heavy atom. The van der Waals surface area contributed by atoms with Crippen molar-refractivity contribution in [2.45, 2.75) is 46.2 Å². The minimum Gasteiger partial charge on any atom is -0.481 e. The van der Waals surface area contributed by atoms with Crippen molar-refractivity contribution >= 4 is 21.7 Å². The molecule has 0 radical (unpaired) electrons. The smallest absolute Gasteiger partial charge is 0.304 e. The Morgan fingerprint density at radius 1 is 1.04 bits per heavy atom. The van der Waals surface area contributed by atoms with Crippen LogP contribution in [0.25, 0.3) is 0 Å². The Kier molecular flexibility index (Phi) is 4.23. The van der Waals surface area contributed by atoms with Gasteiger partial charge in [-0.1, -0.05) is 27.7 Å². The summed E-state index contributed by atoms with van der Waals surface area (Å²) in [7, 11) is -3.21. The zero-order chi connectivity index (χ0) is 18.8. The molecule has 1 saturated carbocycles. The number of carbonyl (C=O) groups excluding carboxylic acids is 1. The molecule has 1 N–H and O–H groups in total. The number of carbonyl (C=O) groups is 2. The molecule has 1 amide bonds. The van der Waals surface area contributed by atoms with Gasteiger partial charge in [-0.25, -0.2) is 8.42 Å². The minimum atomic E-state index is -3.21. The number of hydrogen-bond acceptors (Lipinski definition) is 5. The van der Waals surface area contributed by atoms with Crippen LogP contribution in [0.3, 0.4) is 0 Å². The van der Waals surface area contributed by atoms with E-state index in [2.05, 4.69) is 27.7 Å². The fourth-order valence-electron chi connectivity index (χ4n) is 4.79. The van der Waals surface area contributed by atoms with Crippen molar-refractivity contribution in [2.75, 3.05) is 31.1 Å². The number of aliphatic carboxylic acids is 1. The molecule has 2 heterocycles. The summed E-state index contributed by atoms with van der Waals surface area (Å²) in [5.41, 5.74) is -0.172. The van der Waals surface area contributed by atoms with E-state index < -0.39 is 15.8 Å². The van der Waals surface area contributed by atoms with Gasteiger partial charge in [-0.15, -0.1) is 0 Å². The highest BCUT2D eigenvalue weighted by Gasteiger charge is 2.69. The van der Waals surface area contributed by atoms with Gasteiger partial charge in [-0.2, -0.15) is 0 Å². The van der Waals surface area contributed by atoms with Crippen LogP contribution in [0.1, 0.15) is 34.1 Å². The zero-order valence-corrected chi connectivity index (χ0v) is 16.2. The van der Waals surface area contributed by atoms with Gasteiger partial charge in [0.15, 0.2) is 9.84 Å². The summed E-state index contributed by atoms with van der Waals surface area (Å²) in [4.78, 5) is 27.7. The van der Waals surface area contributed by atoms with E-state index >= 15 is 0 Å². The molecule has 3 rings (SSSR count). The van der Waals surface area contributed by atoms with Crippen LogP contribution in [0, 0.1) is 16.7 Å². The molecule has 0 aromatic rings. The SMILES string of the molecule is CC1(C)C(C(=O)N2CCN(CCC(=O)O)[C@@H]3CS(=O)(=O)C[C@@H]32)C1(C)C. The van der Waals surface area contributed by atoms with Crippen LogP contribution in [-0.2, 0) is 19.4 Å². The molecule has 25 heavy (non-hydrogen) atoms.